The van der Waals surface area contributed by atoms with Gasteiger partial charge in [-0.25, -0.2) is 0 Å². The van der Waals surface area contributed by atoms with Gasteiger partial charge in [0.15, 0.2) is 5.84 Å². The third-order valence-corrected chi connectivity index (χ3v) is 5.40. The Morgan fingerprint density at radius 3 is 2.41 bits per heavy atom. The molecule has 140 valence electrons. The molecule has 1 unspecified atom stereocenters. The second-order valence-corrected chi connectivity index (χ2v) is 7.63. The second-order valence-electron chi connectivity index (χ2n) is 6.06. The lowest BCUT2D eigenvalue weighted by Gasteiger charge is -2.21. The Labute approximate surface area is 156 Å². The number of carbonyl (C=O) groups is 2. The molecular weight excluding hydrogens is 368 g/mol. The van der Waals surface area contributed by atoms with E-state index in [1.54, 1.807) is 55.6 Å². The summed E-state index contributed by atoms with van der Waals surface area (Å²) in [7, 11) is -2.22. The van der Waals surface area contributed by atoms with Gasteiger partial charge in [0.25, 0.3) is 10.0 Å². The summed E-state index contributed by atoms with van der Waals surface area (Å²) in [4.78, 5) is 25.6. The number of fused-ring (bicyclic) bond motifs is 1. The van der Waals surface area contributed by atoms with Crippen LogP contribution in [0.25, 0.3) is 0 Å². The van der Waals surface area contributed by atoms with Crippen molar-refractivity contribution in [2.75, 3.05) is 13.6 Å². The van der Waals surface area contributed by atoms with Gasteiger partial charge in [0, 0.05) is 12.6 Å². The van der Waals surface area contributed by atoms with E-state index in [1.807, 2.05) is 0 Å². The first-order valence-corrected chi connectivity index (χ1v) is 9.53. The third kappa shape index (κ3) is 3.82. The number of hydrogen-bond donors (Lipinski definition) is 2. The lowest BCUT2D eigenvalue weighted by Crippen LogP contribution is -2.43. The van der Waals surface area contributed by atoms with Gasteiger partial charge in [0.05, 0.1) is 6.54 Å². The fourth-order valence-corrected chi connectivity index (χ4v) is 4.08. The van der Waals surface area contributed by atoms with E-state index in [0.29, 0.717) is 11.1 Å². The van der Waals surface area contributed by atoms with Gasteiger partial charge in [-0.3, -0.25) is 9.59 Å². The van der Waals surface area contributed by atoms with E-state index < -0.39 is 27.9 Å². The molecule has 2 aromatic carbocycles. The highest BCUT2D eigenvalue weighted by atomic mass is 32.2. The summed E-state index contributed by atoms with van der Waals surface area (Å²) >= 11 is 0. The molecule has 9 heteroatoms. The van der Waals surface area contributed by atoms with Crippen LogP contribution in [0.5, 0.6) is 0 Å². The topological polar surface area (TPSA) is 122 Å². The van der Waals surface area contributed by atoms with Gasteiger partial charge in [-0.15, -0.1) is 4.40 Å². The Bertz CT molecular complexity index is 1020. The van der Waals surface area contributed by atoms with Gasteiger partial charge >= 0.3 is 0 Å². The van der Waals surface area contributed by atoms with Crippen molar-refractivity contribution in [3.63, 3.8) is 0 Å². The first kappa shape index (κ1) is 18.6. The number of amides is 2. The maximum absolute atomic E-state index is 12.4. The fourth-order valence-electron chi connectivity index (χ4n) is 2.82. The first-order valence-electron chi connectivity index (χ1n) is 8.09. The molecule has 1 heterocycles. The van der Waals surface area contributed by atoms with Crippen LogP contribution in [0.3, 0.4) is 0 Å². The standard InChI is InChI=1S/C18H18N4O4S/c1-22(18-13-9-5-6-10-14(13)27(25,26)21-18)11-15(23)20-16(17(19)24)12-7-3-2-4-8-12/h2-10,16H,11H2,1H3,(H2,19,24)(H,20,23). The molecule has 8 nitrogen and oxygen atoms in total. The molecule has 0 radical (unpaired) electrons. The number of likely N-dealkylation sites (N-methyl/N-ethyl adjacent to an activating group) is 1. The minimum Gasteiger partial charge on any atom is -0.368 e. The zero-order valence-electron chi connectivity index (χ0n) is 14.5. The average molecular weight is 386 g/mol. The molecule has 0 aromatic heterocycles. The number of nitrogens with one attached hydrogen (secondary N) is 1. The van der Waals surface area contributed by atoms with Gasteiger partial charge in [-0.1, -0.05) is 42.5 Å². The molecule has 2 amide bonds. The number of amidine groups is 1. The van der Waals surface area contributed by atoms with Crippen LogP contribution in [0, 0.1) is 0 Å². The zero-order valence-corrected chi connectivity index (χ0v) is 15.3. The van der Waals surface area contributed by atoms with E-state index in [2.05, 4.69) is 9.71 Å². The highest BCUT2D eigenvalue weighted by Crippen LogP contribution is 2.26. The van der Waals surface area contributed by atoms with Crippen LogP contribution in [0.15, 0.2) is 63.9 Å². The quantitative estimate of drug-likeness (QED) is 0.771. The van der Waals surface area contributed by atoms with Crippen molar-refractivity contribution in [3.05, 3.63) is 65.7 Å². The molecule has 3 N–H and O–H groups in total. The van der Waals surface area contributed by atoms with E-state index in [0.717, 1.165) is 0 Å². The van der Waals surface area contributed by atoms with E-state index in [-0.39, 0.29) is 17.3 Å². The minimum absolute atomic E-state index is 0.103. The van der Waals surface area contributed by atoms with Gasteiger partial charge < -0.3 is 16.0 Å². The highest BCUT2D eigenvalue weighted by molar-refractivity contribution is 7.90. The normalized spacial score (nSPS) is 15.4. The Morgan fingerprint density at radius 1 is 1.11 bits per heavy atom. The number of rotatable bonds is 5. The zero-order chi connectivity index (χ0) is 19.6. The summed E-state index contributed by atoms with van der Waals surface area (Å²) in [5.41, 5.74) is 6.39. The molecule has 0 saturated carbocycles. The summed E-state index contributed by atoms with van der Waals surface area (Å²) in [5.74, 6) is -1.01. The summed E-state index contributed by atoms with van der Waals surface area (Å²) in [6, 6.07) is 14.0. The summed E-state index contributed by atoms with van der Waals surface area (Å²) in [6.07, 6.45) is 0. The Kier molecular flexibility index (Phi) is 4.95. The SMILES string of the molecule is CN(CC(=O)NC(C(N)=O)c1ccccc1)C1=NS(=O)(=O)c2ccccc21. The maximum Gasteiger partial charge on any atom is 0.285 e. The van der Waals surface area contributed by atoms with Crippen molar-refractivity contribution in [3.8, 4) is 0 Å². The number of nitrogens with two attached hydrogens (primary N) is 1. The highest BCUT2D eigenvalue weighted by Gasteiger charge is 2.31. The number of sulfonamides is 1. The number of nitrogens with zero attached hydrogens (tertiary/aromatic N) is 2. The molecule has 27 heavy (non-hydrogen) atoms. The monoisotopic (exact) mass is 386 g/mol. The number of benzene rings is 2. The number of primary amides is 1. The van der Waals surface area contributed by atoms with Crippen LogP contribution in [0.1, 0.15) is 17.2 Å². The maximum atomic E-state index is 12.4. The van der Waals surface area contributed by atoms with Crippen molar-refractivity contribution < 1.29 is 18.0 Å². The van der Waals surface area contributed by atoms with Crippen molar-refractivity contribution in [1.29, 1.82) is 0 Å². The van der Waals surface area contributed by atoms with Gasteiger partial charge in [-0.2, -0.15) is 8.42 Å². The van der Waals surface area contributed by atoms with Crippen molar-refractivity contribution in [1.82, 2.24) is 10.2 Å². The lowest BCUT2D eigenvalue weighted by atomic mass is 10.1. The van der Waals surface area contributed by atoms with Crippen LogP contribution in [0.2, 0.25) is 0 Å². The molecule has 0 bridgehead atoms. The van der Waals surface area contributed by atoms with E-state index in [4.69, 9.17) is 5.73 Å². The second kappa shape index (κ2) is 7.20. The van der Waals surface area contributed by atoms with Crippen LogP contribution in [0.4, 0.5) is 0 Å². The van der Waals surface area contributed by atoms with Crippen LogP contribution in [-0.2, 0) is 19.6 Å². The summed E-state index contributed by atoms with van der Waals surface area (Å²) < 4.78 is 28.0. The van der Waals surface area contributed by atoms with Crippen LogP contribution >= 0.6 is 0 Å². The Morgan fingerprint density at radius 2 is 1.74 bits per heavy atom. The van der Waals surface area contributed by atoms with E-state index in [9.17, 15) is 18.0 Å². The van der Waals surface area contributed by atoms with Crippen LogP contribution < -0.4 is 11.1 Å². The largest absolute Gasteiger partial charge is 0.368 e. The molecule has 0 aliphatic carbocycles. The molecule has 3 rings (SSSR count). The fraction of sp³-hybridized carbons (Fsp3) is 0.167. The summed E-state index contributed by atoms with van der Waals surface area (Å²) in [6.45, 7) is -0.195. The molecule has 1 atom stereocenters. The third-order valence-electron chi connectivity index (χ3n) is 4.08. The molecule has 0 spiro atoms. The van der Waals surface area contributed by atoms with Gasteiger partial charge in [-0.05, 0) is 17.7 Å². The smallest absolute Gasteiger partial charge is 0.285 e. The number of carbonyl (C=O) groups excluding carboxylic acids is 2. The predicted octanol–water partition coefficient (Wildman–Crippen LogP) is 0.410. The molecular formula is C18H18N4O4S. The first-order chi connectivity index (χ1) is 12.8. The molecule has 1 aliphatic rings. The van der Waals surface area contributed by atoms with Crippen LogP contribution in [-0.4, -0.2) is 44.6 Å². The number of hydrogen-bond acceptors (Lipinski definition) is 5. The summed E-state index contributed by atoms with van der Waals surface area (Å²) in [5, 5.41) is 2.57. The van der Waals surface area contributed by atoms with Crippen molar-refractivity contribution >= 4 is 27.7 Å². The average Bonchev–Trinajstić information content (AvgIpc) is 2.92. The minimum atomic E-state index is -3.77. The lowest BCUT2D eigenvalue weighted by molar-refractivity contribution is -0.127. The predicted molar refractivity (Wildman–Crippen MR) is 99.3 cm³/mol. The molecule has 0 saturated heterocycles. The molecule has 0 fully saturated rings. The van der Waals surface area contributed by atoms with Crippen molar-refractivity contribution in [2.45, 2.75) is 10.9 Å². The van der Waals surface area contributed by atoms with Crippen molar-refractivity contribution in [2.24, 2.45) is 10.1 Å². The Balaban J connectivity index is 1.76. The van der Waals surface area contributed by atoms with E-state index >= 15 is 0 Å². The van der Waals surface area contributed by atoms with Gasteiger partial charge in [0.2, 0.25) is 11.8 Å². The van der Waals surface area contributed by atoms with Gasteiger partial charge in [0.1, 0.15) is 10.9 Å². The molecule has 2 aromatic rings. The van der Waals surface area contributed by atoms with E-state index in [1.165, 1.54) is 11.0 Å². The Hall–Kier alpha value is -3.20. The molecule has 1 aliphatic heterocycles.